The number of nitrogens with zero attached hydrogens (tertiary/aromatic N) is 3. The maximum atomic E-state index is 13.0. The van der Waals surface area contributed by atoms with E-state index in [1.54, 1.807) is 4.90 Å². The Balaban J connectivity index is 1.53. The molecule has 6 heteroatoms. The predicted octanol–water partition coefficient (Wildman–Crippen LogP) is 5.35. The highest BCUT2D eigenvalue weighted by Crippen LogP contribution is 2.35. The largest absolute Gasteiger partial charge is 0.443 e. The fourth-order valence-electron chi connectivity index (χ4n) is 4.23. The summed E-state index contributed by atoms with van der Waals surface area (Å²) in [5, 5.41) is 0. The minimum atomic E-state index is -0.554. The summed E-state index contributed by atoms with van der Waals surface area (Å²) in [4.78, 5) is 34.1. The van der Waals surface area contributed by atoms with Crippen molar-refractivity contribution in [3.8, 4) is 0 Å². The van der Waals surface area contributed by atoms with Crippen LogP contribution in [0.15, 0.2) is 48.7 Å². The molecule has 0 unspecified atom stereocenters. The van der Waals surface area contributed by atoms with Gasteiger partial charge >= 0.3 is 6.09 Å². The molecule has 2 heterocycles. The lowest BCUT2D eigenvalue weighted by molar-refractivity contribution is 0.0547. The second-order valence-corrected chi connectivity index (χ2v) is 9.41. The molecule has 0 radical (unpaired) electrons. The second kappa shape index (κ2) is 8.69. The number of carbonyl (C=O) groups excluding carboxylic acids is 2. The molecule has 1 aliphatic heterocycles. The van der Waals surface area contributed by atoms with Crippen LogP contribution >= 0.6 is 0 Å². The second-order valence-electron chi connectivity index (χ2n) is 9.41. The van der Waals surface area contributed by atoms with Gasteiger partial charge in [-0.1, -0.05) is 24.3 Å². The molecule has 0 N–H and O–H groups in total. The number of hydrogen-bond acceptors (Lipinski definition) is 4. The molecule has 6 nitrogen and oxygen atoms in total. The number of aromatic nitrogens is 1. The number of carbonyl (C=O) groups is 2. The number of rotatable bonds is 4. The van der Waals surface area contributed by atoms with Gasteiger partial charge in [0.25, 0.3) is 5.91 Å². The van der Waals surface area contributed by atoms with E-state index in [4.69, 9.17) is 4.74 Å². The lowest BCUT2D eigenvalue weighted by Crippen LogP contribution is -2.47. The van der Waals surface area contributed by atoms with E-state index in [1.807, 2.05) is 74.3 Å². The summed E-state index contributed by atoms with van der Waals surface area (Å²) in [5.41, 5.74) is 1.16. The summed E-state index contributed by atoms with van der Waals surface area (Å²) in [7, 11) is 0. The Morgan fingerprint density at radius 1 is 1.03 bits per heavy atom. The number of hydrogen-bond donors (Lipinski definition) is 0. The Bertz CT molecular complexity index is 917. The molecule has 2 fully saturated rings. The standard InChI is InChI=1S/C25H31N3O3/c1-25(2,3)31-24(30)28(20-11-7-12-20)22-15-14-19(17-26-22)21-13-8-16-27(21)23(29)18-9-5-4-6-10-18/h4-6,9-10,14-15,17,20-21H,7-8,11-13,16H2,1-3H3/t21-/m1/s1. The van der Waals surface area contributed by atoms with Crippen LogP contribution in [0.4, 0.5) is 10.6 Å². The number of amides is 2. The van der Waals surface area contributed by atoms with E-state index < -0.39 is 5.60 Å². The smallest absolute Gasteiger partial charge is 0.416 e. The minimum Gasteiger partial charge on any atom is -0.443 e. The highest BCUT2D eigenvalue weighted by atomic mass is 16.6. The molecule has 164 valence electrons. The minimum absolute atomic E-state index is 0.00735. The fourth-order valence-corrected chi connectivity index (χ4v) is 4.23. The molecule has 0 bridgehead atoms. The fraction of sp³-hybridized carbons (Fsp3) is 0.480. The summed E-state index contributed by atoms with van der Waals surface area (Å²) >= 11 is 0. The van der Waals surface area contributed by atoms with Crippen LogP contribution in [0.1, 0.15) is 74.8 Å². The Morgan fingerprint density at radius 2 is 1.77 bits per heavy atom. The zero-order chi connectivity index (χ0) is 22.0. The Kier molecular flexibility index (Phi) is 5.99. The Labute approximate surface area is 184 Å². The van der Waals surface area contributed by atoms with Crippen molar-refractivity contribution in [2.24, 2.45) is 0 Å². The van der Waals surface area contributed by atoms with Crippen LogP contribution in [0.2, 0.25) is 0 Å². The van der Waals surface area contributed by atoms with Crippen molar-refractivity contribution in [2.45, 2.75) is 70.6 Å². The molecular weight excluding hydrogens is 390 g/mol. The van der Waals surface area contributed by atoms with Crippen molar-refractivity contribution in [3.05, 3.63) is 59.8 Å². The third kappa shape index (κ3) is 4.73. The van der Waals surface area contributed by atoms with E-state index in [1.165, 1.54) is 0 Å². The molecule has 1 aromatic heterocycles. The van der Waals surface area contributed by atoms with E-state index in [0.29, 0.717) is 11.4 Å². The van der Waals surface area contributed by atoms with Crippen molar-refractivity contribution in [2.75, 3.05) is 11.4 Å². The van der Waals surface area contributed by atoms with Gasteiger partial charge in [-0.3, -0.25) is 9.69 Å². The highest BCUT2D eigenvalue weighted by molar-refractivity contribution is 5.94. The number of likely N-dealkylation sites (tertiary alicyclic amines) is 1. The summed E-state index contributed by atoms with van der Waals surface area (Å²) < 4.78 is 5.63. The molecule has 0 spiro atoms. The van der Waals surface area contributed by atoms with Gasteiger partial charge in [0.1, 0.15) is 11.4 Å². The van der Waals surface area contributed by atoms with E-state index >= 15 is 0 Å². The summed E-state index contributed by atoms with van der Waals surface area (Å²) in [6.45, 7) is 6.36. The molecule has 2 amide bonds. The van der Waals surface area contributed by atoms with Crippen LogP contribution in [0.3, 0.4) is 0 Å². The molecule has 31 heavy (non-hydrogen) atoms. The monoisotopic (exact) mass is 421 g/mol. The maximum absolute atomic E-state index is 13.0. The molecule has 4 rings (SSSR count). The summed E-state index contributed by atoms with van der Waals surface area (Å²) in [6, 6.07) is 13.4. The Morgan fingerprint density at radius 3 is 2.35 bits per heavy atom. The van der Waals surface area contributed by atoms with Gasteiger partial charge in [-0.15, -0.1) is 0 Å². The summed E-state index contributed by atoms with van der Waals surface area (Å²) in [6.07, 6.45) is 6.39. The van der Waals surface area contributed by atoms with Crippen LogP contribution in [0.25, 0.3) is 0 Å². The van der Waals surface area contributed by atoms with E-state index in [9.17, 15) is 9.59 Å². The molecule has 1 saturated carbocycles. The van der Waals surface area contributed by atoms with Gasteiger partial charge in [-0.2, -0.15) is 0 Å². The van der Waals surface area contributed by atoms with E-state index in [2.05, 4.69) is 4.98 Å². The van der Waals surface area contributed by atoms with Gasteiger partial charge in [-0.05, 0) is 76.6 Å². The quantitative estimate of drug-likeness (QED) is 0.667. The first-order chi connectivity index (χ1) is 14.8. The molecule has 1 aliphatic carbocycles. The maximum Gasteiger partial charge on any atom is 0.416 e. The van der Waals surface area contributed by atoms with Crippen molar-refractivity contribution in [3.63, 3.8) is 0 Å². The molecule has 1 saturated heterocycles. The Hall–Kier alpha value is -2.89. The first kappa shape index (κ1) is 21.3. The first-order valence-corrected chi connectivity index (χ1v) is 11.2. The molecular formula is C25H31N3O3. The molecule has 1 atom stereocenters. The normalized spacial score (nSPS) is 19.1. The third-order valence-corrected chi connectivity index (χ3v) is 5.97. The number of ether oxygens (including phenoxy) is 1. The van der Waals surface area contributed by atoms with Gasteiger partial charge < -0.3 is 9.64 Å². The lowest BCUT2D eigenvalue weighted by atomic mass is 9.91. The molecule has 1 aromatic carbocycles. The molecule has 2 aromatic rings. The third-order valence-electron chi connectivity index (χ3n) is 5.97. The van der Waals surface area contributed by atoms with Gasteiger partial charge in [-0.25, -0.2) is 9.78 Å². The predicted molar refractivity (Wildman–Crippen MR) is 120 cm³/mol. The first-order valence-electron chi connectivity index (χ1n) is 11.2. The van der Waals surface area contributed by atoms with Crippen LogP contribution in [0, 0.1) is 0 Å². The zero-order valence-corrected chi connectivity index (χ0v) is 18.6. The van der Waals surface area contributed by atoms with Crippen molar-refractivity contribution >= 4 is 17.8 Å². The number of anilines is 1. The van der Waals surface area contributed by atoms with Gasteiger partial charge in [0.2, 0.25) is 0 Å². The molecule has 2 aliphatic rings. The van der Waals surface area contributed by atoms with Gasteiger partial charge in [0.15, 0.2) is 0 Å². The average Bonchev–Trinajstić information content (AvgIpc) is 3.19. The van der Waals surface area contributed by atoms with Crippen LogP contribution < -0.4 is 4.90 Å². The van der Waals surface area contributed by atoms with E-state index in [0.717, 1.165) is 44.2 Å². The highest BCUT2D eigenvalue weighted by Gasteiger charge is 2.35. The van der Waals surface area contributed by atoms with Crippen LogP contribution in [-0.2, 0) is 4.74 Å². The zero-order valence-electron chi connectivity index (χ0n) is 18.6. The van der Waals surface area contributed by atoms with Gasteiger partial charge in [0, 0.05) is 24.3 Å². The van der Waals surface area contributed by atoms with E-state index in [-0.39, 0.29) is 24.1 Å². The van der Waals surface area contributed by atoms with Crippen LogP contribution in [-0.4, -0.2) is 40.1 Å². The SMILES string of the molecule is CC(C)(C)OC(=O)N(c1ccc([C@H]2CCCN2C(=O)c2ccccc2)cn1)C1CCC1. The number of benzene rings is 1. The topological polar surface area (TPSA) is 62.7 Å². The van der Waals surface area contributed by atoms with Crippen molar-refractivity contribution in [1.29, 1.82) is 0 Å². The van der Waals surface area contributed by atoms with Gasteiger partial charge in [0.05, 0.1) is 6.04 Å². The van der Waals surface area contributed by atoms with Crippen molar-refractivity contribution in [1.82, 2.24) is 9.88 Å². The summed E-state index contributed by atoms with van der Waals surface area (Å²) in [5.74, 6) is 0.665. The average molecular weight is 422 g/mol. The van der Waals surface area contributed by atoms with Crippen molar-refractivity contribution < 1.29 is 14.3 Å². The number of pyridine rings is 1. The lowest BCUT2D eigenvalue weighted by Gasteiger charge is -2.37. The van der Waals surface area contributed by atoms with Crippen LogP contribution in [0.5, 0.6) is 0 Å².